The van der Waals surface area contributed by atoms with E-state index in [1.807, 2.05) is 13.1 Å². The number of carbonyl (C=O) groups is 1. The fourth-order valence-electron chi connectivity index (χ4n) is 4.10. The standard InChI is InChI=1S/C24H25F3N4O3/c1-31(19-8-6-16-14-20(33-2)9-7-15(16)13-19)11-10-28-22(32)18-5-3-4-17(12-18)21-29-23(34-30-21)24(25,26)27/h3-5,7,9,12,14,19H,6,8,10-11,13H2,1-2H3,(H,28,32). The lowest BCUT2D eigenvalue weighted by atomic mass is 9.87. The van der Waals surface area contributed by atoms with Gasteiger partial charge in [0.15, 0.2) is 0 Å². The predicted octanol–water partition coefficient (Wildman–Crippen LogP) is 3.98. The molecule has 0 saturated carbocycles. The molecule has 4 rings (SSSR count). The Balaban J connectivity index is 1.31. The first-order chi connectivity index (χ1) is 16.2. The smallest absolute Gasteiger partial charge is 0.471 e. The van der Waals surface area contributed by atoms with Gasteiger partial charge >= 0.3 is 12.1 Å². The van der Waals surface area contributed by atoms with E-state index in [9.17, 15) is 18.0 Å². The molecule has 10 heteroatoms. The van der Waals surface area contributed by atoms with E-state index in [-0.39, 0.29) is 17.3 Å². The van der Waals surface area contributed by atoms with E-state index < -0.39 is 12.1 Å². The number of ether oxygens (including phenoxy) is 1. The van der Waals surface area contributed by atoms with E-state index in [1.165, 1.54) is 23.3 Å². The molecule has 0 fully saturated rings. The van der Waals surface area contributed by atoms with Gasteiger partial charge in [-0.1, -0.05) is 23.4 Å². The fourth-order valence-corrected chi connectivity index (χ4v) is 4.10. The van der Waals surface area contributed by atoms with Crippen LogP contribution in [0.15, 0.2) is 47.0 Å². The van der Waals surface area contributed by atoms with Crippen molar-refractivity contribution < 1.29 is 27.2 Å². The molecule has 180 valence electrons. The molecule has 7 nitrogen and oxygen atoms in total. The molecule has 34 heavy (non-hydrogen) atoms. The lowest BCUT2D eigenvalue weighted by Gasteiger charge is -2.32. The van der Waals surface area contributed by atoms with Crippen molar-refractivity contribution in [2.45, 2.75) is 31.5 Å². The SMILES string of the molecule is COc1ccc2c(c1)CCC(N(C)CCNC(=O)c1cccc(-c3noc(C(F)(F)F)n3)c1)C2. The van der Waals surface area contributed by atoms with Crippen LogP contribution >= 0.6 is 0 Å². The highest BCUT2D eigenvalue weighted by molar-refractivity contribution is 5.95. The van der Waals surface area contributed by atoms with E-state index in [4.69, 9.17) is 4.74 Å². The summed E-state index contributed by atoms with van der Waals surface area (Å²) in [7, 11) is 3.71. The largest absolute Gasteiger partial charge is 0.497 e. The van der Waals surface area contributed by atoms with E-state index in [2.05, 4.69) is 37.0 Å². The molecule has 0 saturated heterocycles. The van der Waals surface area contributed by atoms with Crippen molar-refractivity contribution >= 4 is 5.91 Å². The van der Waals surface area contributed by atoms with Gasteiger partial charge in [0.1, 0.15) is 5.75 Å². The maximum Gasteiger partial charge on any atom is 0.471 e. The average molecular weight is 474 g/mol. The normalized spacial score (nSPS) is 15.8. The Kier molecular flexibility index (Phi) is 6.87. The summed E-state index contributed by atoms with van der Waals surface area (Å²) in [4.78, 5) is 18.2. The third-order valence-corrected chi connectivity index (χ3v) is 6.04. The number of carbonyl (C=O) groups excluding carboxylic acids is 1. The first kappa shape index (κ1) is 23.7. The molecule has 1 amide bonds. The van der Waals surface area contributed by atoms with Crippen LogP contribution in [0.1, 0.15) is 33.8 Å². The summed E-state index contributed by atoms with van der Waals surface area (Å²) in [6.07, 6.45) is -1.78. The number of hydrogen-bond acceptors (Lipinski definition) is 6. The van der Waals surface area contributed by atoms with Crippen LogP contribution in [0.25, 0.3) is 11.4 Å². The summed E-state index contributed by atoms with van der Waals surface area (Å²) in [6, 6.07) is 12.7. The zero-order valence-corrected chi connectivity index (χ0v) is 18.9. The minimum Gasteiger partial charge on any atom is -0.497 e. The Hall–Kier alpha value is -3.40. The van der Waals surface area contributed by atoms with Gasteiger partial charge in [-0.3, -0.25) is 4.79 Å². The third kappa shape index (κ3) is 5.39. The molecule has 2 aromatic carbocycles. The Morgan fingerprint density at radius 2 is 2.06 bits per heavy atom. The van der Waals surface area contributed by atoms with Gasteiger partial charge in [0, 0.05) is 30.3 Å². The second-order valence-corrected chi connectivity index (χ2v) is 8.27. The molecule has 1 atom stereocenters. The third-order valence-electron chi connectivity index (χ3n) is 6.04. The van der Waals surface area contributed by atoms with Gasteiger partial charge in [0.25, 0.3) is 5.91 Å². The predicted molar refractivity (Wildman–Crippen MR) is 119 cm³/mol. The Morgan fingerprint density at radius 3 is 2.79 bits per heavy atom. The van der Waals surface area contributed by atoms with Crippen LogP contribution in [-0.2, 0) is 19.0 Å². The summed E-state index contributed by atoms with van der Waals surface area (Å²) < 4.78 is 47.7. The quantitative estimate of drug-likeness (QED) is 0.558. The molecule has 0 aliphatic heterocycles. The molecule has 0 bridgehead atoms. The topological polar surface area (TPSA) is 80.5 Å². The molecular formula is C24H25F3N4O3. The second kappa shape index (κ2) is 9.84. The minimum absolute atomic E-state index is 0.225. The van der Waals surface area contributed by atoms with E-state index in [0.717, 1.165) is 25.0 Å². The van der Waals surface area contributed by atoms with Gasteiger partial charge < -0.3 is 19.5 Å². The van der Waals surface area contributed by atoms with Crippen molar-refractivity contribution in [2.75, 3.05) is 27.2 Å². The Labute approximate surface area is 194 Å². The Bertz CT molecular complexity index is 1160. The molecule has 3 aromatic rings. The number of amides is 1. The number of fused-ring (bicyclic) bond motifs is 1. The number of aromatic nitrogens is 2. The number of rotatable bonds is 7. The van der Waals surface area contributed by atoms with Crippen molar-refractivity contribution in [3.05, 3.63) is 65.0 Å². The van der Waals surface area contributed by atoms with E-state index in [1.54, 1.807) is 19.2 Å². The van der Waals surface area contributed by atoms with Crippen LogP contribution in [0.4, 0.5) is 13.2 Å². The minimum atomic E-state index is -4.72. The van der Waals surface area contributed by atoms with Gasteiger partial charge in [-0.25, -0.2) is 0 Å². The summed E-state index contributed by atoms with van der Waals surface area (Å²) in [5, 5.41) is 6.23. The molecular weight excluding hydrogens is 449 g/mol. The number of benzene rings is 2. The van der Waals surface area contributed by atoms with Crippen LogP contribution in [0, 0.1) is 0 Å². The highest BCUT2D eigenvalue weighted by atomic mass is 19.4. The number of methoxy groups -OCH3 is 1. The molecule has 1 aromatic heterocycles. The molecule has 1 aliphatic rings. The monoisotopic (exact) mass is 474 g/mol. The van der Waals surface area contributed by atoms with E-state index in [0.29, 0.717) is 24.7 Å². The van der Waals surface area contributed by atoms with Crippen molar-refractivity contribution in [3.8, 4) is 17.1 Å². The van der Waals surface area contributed by atoms with Crippen molar-refractivity contribution in [2.24, 2.45) is 0 Å². The molecule has 0 spiro atoms. The van der Waals surface area contributed by atoms with Crippen molar-refractivity contribution in [1.29, 1.82) is 0 Å². The summed E-state index contributed by atoms with van der Waals surface area (Å²) in [5.41, 5.74) is 3.21. The molecule has 1 heterocycles. The first-order valence-corrected chi connectivity index (χ1v) is 10.9. The zero-order chi connectivity index (χ0) is 24.3. The van der Waals surface area contributed by atoms with Crippen LogP contribution in [-0.4, -0.2) is 54.2 Å². The van der Waals surface area contributed by atoms with Gasteiger partial charge in [-0.2, -0.15) is 18.2 Å². The summed E-state index contributed by atoms with van der Waals surface area (Å²) in [5.74, 6) is -1.10. The number of nitrogens with one attached hydrogen (secondary N) is 1. The number of alkyl halides is 3. The van der Waals surface area contributed by atoms with Crippen molar-refractivity contribution in [3.63, 3.8) is 0 Å². The number of aryl methyl sites for hydroxylation is 1. The van der Waals surface area contributed by atoms with Gasteiger partial charge in [-0.15, -0.1) is 0 Å². The van der Waals surface area contributed by atoms with Gasteiger partial charge in [-0.05, 0) is 61.7 Å². The van der Waals surface area contributed by atoms with Crippen LogP contribution < -0.4 is 10.1 Å². The number of halogens is 3. The highest BCUT2D eigenvalue weighted by Crippen LogP contribution is 2.30. The maximum absolute atomic E-state index is 12.7. The van der Waals surface area contributed by atoms with Crippen LogP contribution in [0.3, 0.4) is 0 Å². The lowest BCUT2D eigenvalue weighted by Crippen LogP contribution is -2.41. The number of likely N-dealkylation sites (N-methyl/N-ethyl adjacent to an activating group) is 1. The van der Waals surface area contributed by atoms with Gasteiger partial charge in [0.2, 0.25) is 5.82 Å². The second-order valence-electron chi connectivity index (χ2n) is 8.27. The van der Waals surface area contributed by atoms with Gasteiger partial charge in [0.05, 0.1) is 7.11 Å². The highest BCUT2D eigenvalue weighted by Gasteiger charge is 2.38. The molecule has 0 radical (unpaired) electrons. The lowest BCUT2D eigenvalue weighted by molar-refractivity contribution is -0.159. The fraction of sp³-hybridized carbons (Fsp3) is 0.375. The molecule has 1 aliphatic carbocycles. The maximum atomic E-state index is 12.7. The zero-order valence-electron chi connectivity index (χ0n) is 18.9. The number of nitrogens with zero attached hydrogens (tertiary/aromatic N) is 3. The van der Waals surface area contributed by atoms with E-state index >= 15 is 0 Å². The molecule has 1 unspecified atom stereocenters. The summed E-state index contributed by atoms with van der Waals surface area (Å²) >= 11 is 0. The van der Waals surface area contributed by atoms with Crippen LogP contribution in [0.2, 0.25) is 0 Å². The molecule has 1 N–H and O–H groups in total. The summed E-state index contributed by atoms with van der Waals surface area (Å²) in [6.45, 7) is 1.10. The number of hydrogen-bond donors (Lipinski definition) is 1. The first-order valence-electron chi connectivity index (χ1n) is 10.9. The van der Waals surface area contributed by atoms with Crippen LogP contribution in [0.5, 0.6) is 5.75 Å². The average Bonchev–Trinajstić information content (AvgIpc) is 3.34. The Morgan fingerprint density at radius 1 is 1.24 bits per heavy atom. The van der Waals surface area contributed by atoms with Crippen molar-refractivity contribution in [1.82, 2.24) is 20.4 Å².